The fraction of sp³-hybridized carbons (Fsp3) is 0.550. The van der Waals surface area contributed by atoms with E-state index in [1.165, 1.54) is 4.31 Å². The van der Waals surface area contributed by atoms with Crippen LogP contribution < -0.4 is 4.74 Å². The van der Waals surface area contributed by atoms with Gasteiger partial charge in [-0.2, -0.15) is 4.31 Å². The summed E-state index contributed by atoms with van der Waals surface area (Å²) in [4.78, 5) is 15.0. The molecular formula is C20H27N2O5PS. The van der Waals surface area contributed by atoms with Crippen LogP contribution in [0.3, 0.4) is 0 Å². The monoisotopic (exact) mass is 438 g/mol. The van der Waals surface area contributed by atoms with E-state index in [0.717, 1.165) is 17.6 Å². The van der Waals surface area contributed by atoms with Crippen molar-refractivity contribution < 1.29 is 22.7 Å². The van der Waals surface area contributed by atoms with Gasteiger partial charge in [-0.05, 0) is 55.7 Å². The number of ether oxygens (including phenoxy) is 2. The lowest BCUT2D eigenvalue weighted by Gasteiger charge is -2.29. The van der Waals surface area contributed by atoms with E-state index >= 15 is 0 Å². The van der Waals surface area contributed by atoms with Gasteiger partial charge in [0.15, 0.2) is 0 Å². The van der Waals surface area contributed by atoms with Crippen LogP contribution in [0.2, 0.25) is 0 Å². The summed E-state index contributed by atoms with van der Waals surface area (Å²) in [6.07, 6.45) is 0.739. The highest BCUT2D eigenvalue weighted by molar-refractivity contribution is 7.89. The van der Waals surface area contributed by atoms with E-state index in [2.05, 4.69) is 9.24 Å². The SMILES string of the molecule is CC(P)Oc1ccc(S(=O)(=O)N2CC3=C(CN(C(=O)[C@@]4(C)CCOC4)C3)C2)cc1. The Morgan fingerprint density at radius 2 is 1.79 bits per heavy atom. The molecule has 0 N–H and O–H groups in total. The summed E-state index contributed by atoms with van der Waals surface area (Å²) in [6, 6.07) is 6.51. The molecule has 7 nitrogen and oxygen atoms in total. The van der Waals surface area contributed by atoms with Crippen LogP contribution in [-0.2, 0) is 19.6 Å². The summed E-state index contributed by atoms with van der Waals surface area (Å²) in [6.45, 7) is 6.63. The lowest BCUT2D eigenvalue weighted by Crippen LogP contribution is -2.43. The molecular weight excluding hydrogens is 411 g/mol. The number of rotatable bonds is 5. The van der Waals surface area contributed by atoms with Crippen molar-refractivity contribution in [3.8, 4) is 5.75 Å². The number of hydrogen-bond acceptors (Lipinski definition) is 5. The van der Waals surface area contributed by atoms with Gasteiger partial charge in [-0.25, -0.2) is 8.42 Å². The second kappa shape index (κ2) is 7.65. The summed E-state index contributed by atoms with van der Waals surface area (Å²) in [5.74, 6) is 0.691. The van der Waals surface area contributed by atoms with E-state index < -0.39 is 15.4 Å². The van der Waals surface area contributed by atoms with Crippen molar-refractivity contribution >= 4 is 25.2 Å². The van der Waals surface area contributed by atoms with Gasteiger partial charge in [-0.1, -0.05) is 9.24 Å². The van der Waals surface area contributed by atoms with Gasteiger partial charge in [0.1, 0.15) is 11.6 Å². The Hall–Kier alpha value is -1.47. The minimum atomic E-state index is -3.58. The minimum Gasteiger partial charge on any atom is -0.487 e. The summed E-state index contributed by atoms with van der Waals surface area (Å²) >= 11 is 0. The number of hydrogen-bond donors (Lipinski definition) is 0. The van der Waals surface area contributed by atoms with Gasteiger partial charge in [-0.15, -0.1) is 0 Å². The number of amides is 1. The molecule has 3 aliphatic heterocycles. The Kier molecular flexibility index (Phi) is 5.49. The number of nitrogens with zero attached hydrogens (tertiary/aromatic N) is 2. The highest BCUT2D eigenvalue weighted by atomic mass is 32.2. The van der Waals surface area contributed by atoms with E-state index in [1.54, 1.807) is 24.3 Å². The van der Waals surface area contributed by atoms with Crippen LogP contribution in [0.25, 0.3) is 0 Å². The molecule has 0 aliphatic carbocycles. The van der Waals surface area contributed by atoms with Crippen molar-refractivity contribution in [2.45, 2.75) is 31.0 Å². The zero-order valence-corrected chi connectivity index (χ0v) is 18.7. The van der Waals surface area contributed by atoms with Crippen LogP contribution in [0.4, 0.5) is 0 Å². The molecule has 0 bridgehead atoms. The first-order valence-corrected chi connectivity index (χ1v) is 11.9. The summed E-state index contributed by atoms with van der Waals surface area (Å²) in [5.41, 5.74) is 1.63. The second-order valence-corrected chi connectivity index (χ2v) is 11.2. The van der Waals surface area contributed by atoms with Gasteiger partial charge in [0.25, 0.3) is 0 Å². The van der Waals surface area contributed by atoms with Crippen LogP contribution in [0.15, 0.2) is 40.3 Å². The average Bonchev–Trinajstić information content (AvgIpc) is 3.36. The quantitative estimate of drug-likeness (QED) is 0.518. The maximum absolute atomic E-state index is 13.0. The molecule has 0 radical (unpaired) electrons. The Bertz CT molecular complexity index is 918. The van der Waals surface area contributed by atoms with Gasteiger partial charge >= 0.3 is 0 Å². The molecule has 29 heavy (non-hydrogen) atoms. The third kappa shape index (κ3) is 3.96. The normalized spacial score (nSPS) is 26.1. The third-order valence-electron chi connectivity index (χ3n) is 5.80. The molecule has 1 saturated heterocycles. The highest BCUT2D eigenvalue weighted by Crippen LogP contribution is 2.35. The van der Waals surface area contributed by atoms with Gasteiger partial charge in [0.2, 0.25) is 15.9 Å². The molecule has 3 atom stereocenters. The predicted octanol–water partition coefficient (Wildman–Crippen LogP) is 1.86. The van der Waals surface area contributed by atoms with Crippen molar-refractivity contribution in [1.82, 2.24) is 9.21 Å². The van der Waals surface area contributed by atoms with Crippen molar-refractivity contribution in [1.29, 1.82) is 0 Å². The van der Waals surface area contributed by atoms with E-state index in [4.69, 9.17) is 9.47 Å². The number of carbonyl (C=O) groups excluding carboxylic acids is 1. The van der Waals surface area contributed by atoms with Crippen LogP contribution in [0.5, 0.6) is 5.75 Å². The van der Waals surface area contributed by atoms with E-state index in [0.29, 0.717) is 45.1 Å². The van der Waals surface area contributed by atoms with E-state index in [-0.39, 0.29) is 16.6 Å². The Balaban J connectivity index is 1.40. The lowest BCUT2D eigenvalue weighted by atomic mass is 9.88. The van der Waals surface area contributed by atoms with Crippen molar-refractivity contribution in [3.05, 3.63) is 35.4 Å². The molecule has 3 heterocycles. The molecule has 1 fully saturated rings. The average molecular weight is 438 g/mol. The topological polar surface area (TPSA) is 76.2 Å². The van der Waals surface area contributed by atoms with Gasteiger partial charge in [0.05, 0.1) is 16.9 Å². The summed E-state index contributed by atoms with van der Waals surface area (Å²) in [5, 5.41) is 0. The molecule has 3 aliphatic rings. The first kappa shape index (κ1) is 20.8. The zero-order chi connectivity index (χ0) is 20.8. The molecule has 2 unspecified atom stereocenters. The molecule has 0 saturated carbocycles. The zero-order valence-electron chi connectivity index (χ0n) is 16.8. The maximum Gasteiger partial charge on any atom is 0.243 e. The summed E-state index contributed by atoms with van der Waals surface area (Å²) in [7, 11) is -1.05. The number of benzene rings is 1. The minimum absolute atomic E-state index is 0.0491. The van der Waals surface area contributed by atoms with Crippen molar-refractivity contribution in [3.63, 3.8) is 0 Å². The summed E-state index contributed by atoms with van der Waals surface area (Å²) < 4.78 is 38.5. The van der Waals surface area contributed by atoms with Crippen LogP contribution in [-0.4, -0.2) is 68.8 Å². The third-order valence-corrected chi connectivity index (χ3v) is 7.75. The standard InChI is InChI=1S/C20H27N2O5PS/c1-14(28)27-17-3-5-18(6-4-17)29(24,25)22-11-15-9-21(10-16(15)12-22)19(23)20(2)7-8-26-13-20/h3-6,14H,7-13,28H2,1-2H3/t14?,20-/m0/s1. The van der Waals surface area contributed by atoms with E-state index in [9.17, 15) is 13.2 Å². The largest absolute Gasteiger partial charge is 0.487 e. The number of sulfonamides is 1. The molecule has 1 aromatic carbocycles. The van der Waals surface area contributed by atoms with Crippen molar-refractivity contribution in [2.75, 3.05) is 39.4 Å². The molecule has 158 valence electrons. The maximum atomic E-state index is 13.0. The molecule has 0 aromatic heterocycles. The van der Waals surface area contributed by atoms with Gasteiger partial charge < -0.3 is 14.4 Å². The Labute approximate surface area is 174 Å². The molecule has 1 amide bonds. The lowest BCUT2D eigenvalue weighted by molar-refractivity contribution is -0.140. The van der Waals surface area contributed by atoms with Crippen LogP contribution in [0.1, 0.15) is 20.3 Å². The van der Waals surface area contributed by atoms with Gasteiger partial charge in [0, 0.05) is 32.8 Å². The van der Waals surface area contributed by atoms with Crippen LogP contribution >= 0.6 is 9.24 Å². The fourth-order valence-corrected chi connectivity index (χ4v) is 5.72. The first-order valence-electron chi connectivity index (χ1n) is 9.78. The Morgan fingerprint density at radius 3 is 2.31 bits per heavy atom. The number of carbonyl (C=O) groups is 1. The Morgan fingerprint density at radius 1 is 1.17 bits per heavy atom. The molecule has 4 rings (SSSR count). The first-order chi connectivity index (χ1) is 13.7. The molecule has 1 aromatic rings. The molecule has 9 heteroatoms. The fourth-order valence-electron chi connectivity index (χ4n) is 4.13. The van der Waals surface area contributed by atoms with E-state index in [1.807, 2.05) is 18.7 Å². The van der Waals surface area contributed by atoms with Crippen molar-refractivity contribution in [2.24, 2.45) is 5.41 Å². The van der Waals surface area contributed by atoms with Gasteiger partial charge in [-0.3, -0.25) is 4.79 Å². The highest BCUT2D eigenvalue weighted by Gasteiger charge is 2.44. The smallest absolute Gasteiger partial charge is 0.243 e. The predicted molar refractivity (Wildman–Crippen MR) is 112 cm³/mol. The molecule has 0 spiro atoms. The second-order valence-electron chi connectivity index (χ2n) is 8.30. The van der Waals surface area contributed by atoms with Crippen LogP contribution in [0, 0.1) is 5.41 Å².